The molecule has 1 fully saturated rings. The van der Waals surface area contributed by atoms with Gasteiger partial charge in [0.1, 0.15) is 5.84 Å². The molecule has 0 atom stereocenters. The summed E-state index contributed by atoms with van der Waals surface area (Å²) in [4.78, 5) is 0.860. The molecular formula is C17H20N2S. The van der Waals surface area contributed by atoms with Gasteiger partial charge in [-0.3, -0.25) is 5.41 Å². The summed E-state index contributed by atoms with van der Waals surface area (Å²) in [6, 6.07) is 8.38. The maximum absolute atomic E-state index is 7.57. The second-order valence-corrected chi connectivity index (χ2v) is 6.62. The number of nitrogens with one attached hydrogen (secondary N) is 1. The Morgan fingerprint density at radius 3 is 2.80 bits per heavy atom. The minimum Gasteiger partial charge on any atom is -0.383 e. The molecule has 1 aliphatic rings. The van der Waals surface area contributed by atoms with Crippen LogP contribution in [0.15, 0.2) is 30.3 Å². The van der Waals surface area contributed by atoms with Crippen molar-refractivity contribution in [2.75, 3.05) is 0 Å². The summed E-state index contributed by atoms with van der Waals surface area (Å²) in [6.45, 7) is 0. The van der Waals surface area contributed by atoms with Crippen LogP contribution in [0.25, 0.3) is 16.2 Å². The van der Waals surface area contributed by atoms with E-state index in [1.807, 2.05) is 6.07 Å². The van der Waals surface area contributed by atoms with Gasteiger partial charge in [0.15, 0.2) is 0 Å². The number of benzene rings is 1. The van der Waals surface area contributed by atoms with E-state index in [2.05, 4.69) is 30.4 Å². The largest absolute Gasteiger partial charge is 0.383 e. The Morgan fingerprint density at radius 1 is 1.25 bits per heavy atom. The molecule has 1 aromatic heterocycles. The fourth-order valence-corrected chi connectivity index (χ4v) is 3.88. The third-order valence-corrected chi connectivity index (χ3v) is 5.19. The van der Waals surface area contributed by atoms with Crippen molar-refractivity contribution in [3.05, 3.63) is 40.8 Å². The first kappa shape index (κ1) is 13.4. The standard InChI is InChI=1S/C17H20N2S/c18-17(19)16-11-14-13(7-4-8-15(14)20-16)10-9-12-5-2-1-3-6-12/h4,7-12H,1-3,5-6H2,(H3,18,19). The van der Waals surface area contributed by atoms with Crippen LogP contribution in [0.4, 0.5) is 0 Å². The van der Waals surface area contributed by atoms with Crippen LogP contribution in [0.3, 0.4) is 0 Å². The zero-order valence-electron chi connectivity index (χ0n) is 11.6. The Kier molecular flexibility index (Phi) is 3.88. The van der Waals surface area contributed by atoms with Crippen LogP contribution in [0.1, 0.15) is 42.5 Å². The third kappa shape index (κ3) is 2.78. The molecule has 2 aromatic rings. The van der Waals surface area contributed by atoms with Crippen molar-refractivity contribution in [1.82, 2.24) is 0 Å². The monoisotopic (exact) mass is 284 g/mol. The zero-order valence-corrected chi connectivity index (χ0v) is 12.4. The second kappa shape index (κ2) is 5.80. The lowest BCUT2D eigenvalue weighted by Gasteiger charge is -2.17. The maximum Gasteiger partial charge on any atom is 0.133 e. The smallest absolute Gasteiger partial charge is 0.133 e. The number of nitrogen functional groups attached to an aromatic ring is 1. The van der Waals surface area contributed by atoms with Crippen molar-refractivity contribution in [3.63, 3.8) is 0 Å². The molecular weight excluding hydrogens is 264 g/mol. The number of thiophene rings is 1. The fourth-order valence-electron chi connectivity index (χ4n) is 2.93. The Bertz CT molecular complexity index is 648. The second-order valence-electron chi connectivity index (χ2n) is 5.54. The molecule has 1 heterocycles. The lowest BCUT2D eigenvalue weighted by atomic mass is 9.88. The van der Waals surface area contributed by atoms with Gasteiger partial charge >= 0.3 is 0 Å². The van der Waals surface area contributed by atoms with E-state index in [9.17, 15) is 0 Å². The van der Waals surface area contributed by atoms with Crippen LogP contribution < -0.4 is 5.73 Å². The molecule has 104 valence electrons. The molecule has 0 amide bonds. The van der Waals surface area contributed by atoms with Crippen molar-refractivity contribution < 1.29 is 0 Å². The molecule has 0 spiro atoms. The fraction of sp³-hybridized carbons (Fsp3) is 0.353. The highest BCUT2D eigenvalue weighted by Gasteiger charge is 2.10. The predicted octanol–water partition coefficient (Wildman–Crippen LogP) is 4.78. The van der Waals surface area contributed by atoms with Crippen molar-refractivity contribution in [1.29, 1.82) is 5.41 Å². The van der Waals surface area contributed by atoms with E-state index in [1.54, 1.807) is 11.3 Å². The molecule has 1 saturated carbocycles. The van der Waals surface area contributed by atoms with E-state index in [-0.39, 0.29) is 5.84 Å². The number of hydrogen-bond donors (Lipinski definition) is 2. The van der Waals surface area contributed by atoms with Crippen LogP contribution in [-0.4, -0.2) is 5.84 Å². The van der Waals surface area contributed by atoms with E-state index < -0.39 is 0 Å². The molecule has 0 bridgehead atoms. The van der Waals surface area contributed by atoms with E-state index >= 15 is 0 Å². The van der Waals surface area contributed by atoms with Gasteiger partial charge in [0.2, 0.25) is 0 Å². The lowest BCUT2D eigenvalue weighted by molar-refractivity contribution is 0.420. The van der Waals surface area contributed by atoms with E-state index in [4.69, 9.17) is 11.1 Å². The Balaban J connectivity index is 1.90. The first-order chi connectivity index (χ1) is 9.74. The molecule has 1 aromatic carbocycles. The molecule has 2 nitrogen and oxygen atoms in total. The number of amidine groups is 1. The van der Waals surface area contributed by atoms with Crippen LogP contribution in [-0.2, 0) is 0 Å². The number of allylic oxidation sites excluding steroid dienone is 1. The number of rotatable bonds is 3. The number of hydrogen-bond acceptors (Lipinski definition) is 2. The van der Waals surface area contributed by atoms with Gasteiger partial charge in [0.25, 0.3) is 0 Å². The normalized spacial score (nSPS) is 17.0. The minimum atomic E-state index is 0.161. The van der Waals surface area contributed by atoms with E-state index in [0.717, 1.165) is 10.8 Å². The maximum atomic E-state index is 7.57. The quantitative estimate of drug-likeness (QED) is 0.618. The number of nitrogens with two attached hydrogens (primary N) is 1. The Labute approximate surface area is 123 Å². The predicted molar refractivity (Wildman–Crippen MR) is 88.5 cm³/mol. The average Bonchev–Trinajstić information content (AvgIpc) is 2.91. The van der Waals surface area contributed by atoms with Gasteiger partial charge in [-0.05, 0) is 36.5 Å². The molecule has 0 aliphatic heterocycles. The van der Waals surface area contributed by atoms with Crippen molar-refractivity contribution in [2.24, 2.45) is 11.7 Å². The van der Waals surface area contributed by atoms with Gasteiger partial charge in [0.05, 0.1) is 4.88 Å². The SMILES string of the molecule is N=C(N)c1cc2c(C=CC3CCCCC3)cccc2s1. The van der Waals surface area contributed by atoms with Crippen LogP contribution in [0.2, 0.25) is 0 Å². The topological polar surface area (TPSA) is 49.9 Å². The Morgan fingerprint density at radius 2 is 2.05 bits per heavy atom. The Hall–Kier alpha value is -1.61. The molecule has 3 heteroatoms. The lowest BCUT2D eigenvalue weighted by Crippen LogP contribution is -2.08. The summed E-state index contributed by atoms with van der Waals surface area (Å²) in [5, 5.41) is 8.79. The summed E-state index contributed by atoms with van der Waals surface area (Å²) in [6.07, 6.45) is 11.4. The highest BCUT2D eigenvalue weighted by atomic mass is 32.1. The highest BCUT2D eigenvalue weighted by Crippen LogP contribution is 2.30. The zero-order chi connectivity index (χ0) is 13.9. The molecule has 3 rings (SSSR count). The van der Waals surface area contributed by atoms with Gasteiger partial charge < -0.3 is 5.73 Å². The van der Waals surface area contributed by atoms with Gasteiger partial charge in [0, 0.05) is 10.1 Å². The summed E-state index contributed by atoms with van der Waals surface area (Å²) in [5.74, 6) is 0.901. The van der Waals surface area contributed by atoms with Gasteiger partial charge in [-0.1, -0.05) is 43.5 Å². The molecule has 3 N–H and O–H groups in total. The summed E-state index contributed by atoms with van der Waals surface area (Å²) < 4.78 is 1.21. The van der Waals surface area contributed by atoms with Crippen LogP contribution in [0.5, 0.6) is 0 Å². The first-order valence-corrected chi connectivity index (χ1v) is 8.11. The number of fused-ring (bicyclic) bond motifs is 1. The van der Waals surface area contributed by atoms with Crippen molar-refractivity contribution in [2.45, 2.75) is 32.1 Å². The molecule has 1 aliphatic carbocycles. The van der Waals surface area contributed by atoms with Gasteiger partial charge in [-0.2, -0.15) is 0 Å². The van der Waals surface area contributed by atoms with Crippen LogP contribution in [0, 0.1) is 11.3 Å². The van der Waals surface area contributed by atoms with E-state index in [0.29, 0.717) is 0 Å². The van der Waals surface area contributed by atoms with Crippen molar-refractivity contribution >= 4 is 33.3 Å². The molecule has 0 saturated heterocycles. The van der Waals surface area contributed by atoms with E-state index in [1.165, 1.54) is 47.8 Å². The highest BCUT2D eigenvalue weighted by molar-refractivity contribution is 7.20. The van der Waals surface area contributed by atoms with Crippen molar-refractivity contribution in [3.8, 4) is 0 Å². The molecule has 20 heavy (non-hydrogen) atoms. The first-order valence-electron chi connectivity index (χ1n) is 7.29. The average molecular weight is 284 g/mol. The van der Waals surface area contributed by atoms with Crippen LogP contribution >= 0.6 is 11.3 Å². The van der Waals surface area contributed by atoms with Gasteiger partial charge in [-0.15, -0.1) is 11.3 Å². The molecule has 0 unspecified atom stereocenters. The third-order valence-electron chi connectivity index (χ3n) is 4.06. The minimum absolute atomic E-state index is 0.161. The summed E-state index contributed by atoms with van der Waals surface area (Å²) in [7, 11) is 0. The summed E-state index contributed by atoms with van der Waals surface area (Å²) >= 11 is 1.60. The summed E-state index contributed by atoms with van der Waals surface area (Å²) in [5.41, 5.74) is 6.84. The van der Waals surface area contributed by atoms with Gasteiger partial charge in [-0.25, -0.2) is 0 Å². The molecule has 0 radical (unpaired) electrons.